The van der Waals surface area contributed by atoms with Crippen LogP contribution >= 0.6 is 0 Å². The zero-order valence-electron chi connectivity index (χ0n) is 9.76. The standard InChI is InChI=1S/C7H8N4O2/c1-10-5-4(8-3-9-5)6(12)11(2)7(10)13/h3H,1-2H3,(H,8,9)/i1D2/hD. The van der Waals surface area contributed by atoms with Gasteiger partial charge in [0.1, 0.15) is 5.52 Å². The summed E-state index contributed by atoms with van der Waals surface area (Å²) in [5.74, 6) is 0. The lowest BCUT2D eigenvalue weighted by Gasteiger charge is -2.00. The number of nitrogens with one attached hydrogen (secondary N) is 1. The summed E-state index contributed by atoms with van der Waals surface area (Å²) in [6.07, 6.45) is 1.05. The molecule has 0 radical (unpaired) electrons. The van der Waals surface area contributed by atoms with Crippen LogP contribution in [0.3, 0.4) is 0 Å². The number of nitrogens with zero attached hydrogens (tertiary/aromatic N) is 3. The Labute approximate surface area is 76.7 Å². The molecule has 0 bridgehead atoms. The fourth-order valence-corrected chi connectivity index (χ4v) is 1.09. The van der Waals surface area contributed by atoms with E-state index >= 15 is 0 Å². The summed E-state index contributed by atoms with van der Waals surface area (Å²) >= 11 is 0. The molecule has 0 aliphatic rings. The smallest absolute Gasteiger partial charge is 0.332 e. The van der Waals surface area contributed by atoms with Crippen LogP contribution < -0.4 is 11.2 Å². The summed E-state index contributed by atoms with van der Waals surface area (Å²) in [6.45, 7) is -1.61. The van der Waals surface area contributed by atoms with E-state index < -0.39 is 18.2 Å². The molecular weight excluding hydrogens is 172 g/mol. The minimum Gasteiger partial charge on any atom is -0.339 e. The zero-order chi connectivity index (χ0) is 12.0. The van der Waals surface area contributed by atoms with Gasteiger partial charge in [-0.25, -0.2) is 9.78 Å². The van der Waals surface area contributed by atoms with Gasteiger partial charge in [0.05, 0.1) is 6.33 Å². The molecule has 0 unspecified atom stereocenters. The predicted octanol–water partition coefficient (Wildman–Crippen LogP) is -1.04. The van der Waals surface area contributed by atoms with E-state index in [9.17, 15) is 9.59 Å². The van der Waals surface area contributed by atoms with E-state index in [4.69, 9.17) is 4.15 Å². The van der Waals surface area contributed by atoms with Crippen molar-refractivity contribution < 1.29 is 4.15 Å². The molecular formula is C7H8N4O2. The number of imidazole rings is 1. The van der Waals surface area contributed by atoms with Crippen LogP contribution in [0.1, 0.15) is 2.74 Å². The van der Waals surface area contributed by atoms with Crippen molar-refractivity contribution in [2.75, 3.05) is 0 Å². The molecule has 2 aromatic rings. The van der Waals surface area contributed by atoms with Gasteiger partial charge in [-0.1, -0.05) is 0 Å². The third kappa shape index (κ3) is 0.851. The first-order valence-corrected chi connectivity index (χ1v) is 3.47. The van der Waals surface area contributed by atoms with Crippen LogP contribution in [0, 0.1) is 0 Å². The second kappa shape index (κ2) is 2.32. The van der Waals surface area contributed by atoms with Crippen molar-refractivity contribution in [3.63, 3.8) is 0 Å². The van der Waals surface area contributed by atoms with Crippen molar-refractivity contribution >= 4 is 11.2 Å². The third-order valence-electron chi connectivity index (χ3n) is 1.81. The Morgan fingerprint density at radius 2 is 2.38 bits per heavy atom. The molecule has 0 saturated heterocycles. The maximum absolute atomic E-state index is 11.7. The number of aromatic nitrogens is 4. The van der Waals surface area contributed by atoms with Gasteiger partial charge in [-0.2, -0.15) is 0 Å². The highest BCUT2D eigenvalue weighted by Crippen LogP contribution is 1.97. The first kappa shape index (κ1) is 5.00. The average Bonchev–Trinajstić information content (AvgIpc) is 2.57. The van der Waals surface area contributed by atoms with Crippen LogP contribution in [0.4, 0.5) is 0 Å². The molecule has 0 fully saturated rings. The van der Waals surface area contributed by atoms with Crippen molar-refractivity contribution in [3.8, 4) is 0 Å². The molecule has 13 heavy (non-hydrogen) atoms. The van der Waals surface area contributed by atoms with E-state index in [0.717, 1.165) is 20.4 Å². The first-order valence-electron chi connectivity index (χ1n) is 5.07. The quantitative estimate of drug-likeness (QED) is 0.567. The highest BCUT2D eigenvalue weighted by molar-refractivity contribution is 5.68. The number of H-pyrrole nitrogens is 1. The van der Waals surface area contributed by atoms with Gasteiger partial charge in [-0.05, 0) is 0 Å². The molecule has 0 atom stereocenters. The molecule has 0 aliphatic heterocycles. The van der Waals surface area contributed by atoms with Gasteiger partial charge in [0.25, 0.3) is 5.56 Å². The number of aromatic amines is 1. The molecule has 68 valence electrons. The number of hydrogen-bond acceptors (Lipinski definition) is 3. The zero-order valence-corrected chi connectivity index (χ0v) is 6.76. The minimum absolute atomic E-state index is 0.113. The molecule has 2 aromatic heterocycles. The van der Waals surface area contributed by atoms with Crippen LogP contribution in [0.5, 0.6) is 0 Å². The summed E-state index contributed by atoms with van der Waals surface area (Å²) < 4.78 is 23.3. The van der Waals surface area contributed by atoms with E-state index in [1.54, 1.807) is 0 Å². The van der Waals surface area contributed by atoms with Crippen molar-refractivity contribution in [1.29, 1.82) is 0 Å². The lowest BCUT2D eigenvalue weighted by Crippen LogP contribution is -2.36. The predicted molar refractivity (Wildman–Crippen MR) is 46.6 cm³/mol. The largest absolute Gasteiger partial charge is 0.339 e. The van der Waals surface area contributed by atoms with E-state index in [-0.39, 0.29) is 11.2 Å². The minimum atomic E-state index is -1.61. The van der Waals surface area contributed by atoms with Gasteiger partial charge in [0.15, 0.2) is 7.06 Å². The molecule has 0 amide bonds. The molecule has 0 spiro atoms. The van der Waals surface area contributed by atoms with Crippen molar-refractivity contribution in [1.82, 2.24) is 19.1 Å². The lowest BCUT2D eigenvalue weighted by atomic mass is 10.5. The molecule has 2 rings (SSSR count). The Bertz CT molecular complexity index is 669. The van der Waals surface area contributed by atoms with Gasteiger partial charge >= 0.3 is 5.69 Å². The van der Waals surface area contributed by atoms with Gasteiger partial charge in [-0.3, -0.25) is 13.9 Å². The van der Waals surface area contributed by atoms with E-state index in [0.29, 0.717) is 0 Å². The van der Waals surface area contributed by atoms with Crippen molar-refractivity contribution in [3.05, 3.63) is 27.2 Å². The molecule has 0 aliphatic carbocycles. The van der Waals surface area contributed by atoms with Crippen LogP contribution in [0.2, 0.25) is 1.41 Å². The van der Waals surface area contributed by atoms with Crippen LogP contribution in [-0.2, 0) is 14.0 Å². The maximum atomic E-state index is 11.7. The monoisotopic (exact) mass is 183 g/mol. The lowest BCUT2D eigenvalue weighted by molar-refractivity contribution is 0.709. The molecule has 0 aromatic carbocycles. The third-order valence-corrected chi connectivity index (χ3v) is 1.81. The Morgan fingerprint density at radius 3 is 3.08 bits per heavy atom. The number of fused-ring (bicyclic) bond motifs is 1. The summed E-state index contributed by atoms with van der Waals surface area (Å²) in [5, 5.41) is 0. The summed E-state index contributed by atoms with van der Waals surface area (Å²) in [7, 11) is 1.23. The maximum Gasteiger partial charge on any atom is 0.332 e. The average molecular weight is 183 g/mol. The number of hydrogen-bond donors (Lipinski definition) is 1. The van der Waals surface area contributed by atoms with Gasteiger partial charge in [-0.15, -0.1) is 0 Å². The fraction of sp³-hybridized carbons (Fsp3) is 0.286. The van der Waals surface area contributed by atoms with Crippen LogP contribution in [-0.4, -0.2) is 19.1 Å². The molecule has 6 heteroatoms. The molecule has 6 nitrogen and oxygen atoms in total. The highest BCUT2D eigenvalue weighted by Gasteiger charge is 2.08. The normalized spacial score (nSPS) is 14.5. The molecule has 1 N–H and O–H groups in total. The first-order chi connectivity index (χ1) is 7.45. The number of aryl methyl sites for hydroxylation is 1. The molecule has 2 heterocycles. The summed E-state index contributed by atoms with van der Waals surface area (Å²) in [6, 6.07) is 0. The van der Waals surface area contributed by atoms with E-state index in [1.807, 2.05) is 0 Å². The number of rotatable bonds is 0. The topological polar surface area (TPSA) is 72.7 Å². The van der Waals surface area contributed by atoms with Crippen LogP contribution in [0.25, 0.3) is 11.2 Å². The SMILES string of the molecule is [2H]C([2H])n1c(=O)n(C)c(=O)c2c1ncn2[2H]. The summed E-state index contributed by atoms with van der Waals surface area (Å²) in [5.41, 5.74) is -1.68. The van der Waals surface area contributed by atoms with Gasteiger partial charge in [0, 0.05) is 16.8 Å². The van der Waals surface area contributed by atoms with Crippen molar-refractivity contribution in [2.45, 2.75) is 0 Å². The summed E-state index contributed by atoms with van der Waals surface area (Å²) in [4.78, 5) is 27.7. The molecule has 0 saturated carbocycles. The second-order valence-corrected chi connectivity index (χ2v) is 2.56. The Balaban J connectivity index is 3.12. The Hall–Kier alpha value is -1.85. The fourth-order valence-electron chi connectivity index (χ4n) is 1.09. The van der Waals surface area contributed by atoms with Gasteiger partial charge < -0.3 is 4.98 Å². The Kier molecular flexibility index (Phi) is 0.892. The van der Waals surface area contributed by atoms with Crippen molar-refractivity contribution in [2.24, 2.45) is 14.0 Å². The van der Waals surface area contributed by atoms with Gasteiger partial charge in [0.2, 0.25) is 0 Å². The Morgan fingerprint density at radius 1 is 1.62 bits per heavy atom. The van der Waals surface area contributed by atoms with E-state index in [1.165, 1.54) is 7.05 Å². The second-order valence-electron chi connectivity index (χ2n) is 2.56. The highest BCUT2D eigenvalue weighted by atomic mass is 16.2. The van der Waals surface area contributed by atoms with E-state index in [2.05, 4.69) is 4.98 Å². The van der Waals surface area contributed by atoms with Crippen LogP contribution in [0.15, 0.2) is 15.9 Å².